The van der Waals surface area contributed by atoms with E-state index in [4.69, 9.17) is 13.9 Å². The first-order valence-corrected chi connectivity index (χ1v) is 7.63. The summed E-state index contributed by atoms with van der Waals surface area (Å²) in [6.45, 7) is 4.37. The van der Waals surface area contributed by atoms with Crippen LogP contribution in [0.1, 0.15) is 11.5 Å². The van der Waals surface area contributed by atoms with Crippen LogP contribution in [0, 0.1) is 13.8 Å². The molecular weight excluding hydrogens is 290 g/mol. The first-order valence-electron chi connectivity index (χ1n) is 7.63. The number of aryl methyl sites for hydroxylation is 2. The predicted octanol–water partition coefficient (Wildman–Crippen LogP) is 4.93. The lowest BCUT2D eigenvalue weighted by Crippen LogP contribution is -1.92. The summed E-state index contributed by atoms with van der Waals surface area (Å²) in [6.07, 6.45) is 0. The van der Waals surface area contributed by atoms with Gasteiger partial charge in [0.2, 0.25) is 6.79 Å². The van der Waals surface area contributed by atoms with Gasteiger partial charge in [-0.25, -0.2) is 0 Å². The molecule has 3 heterocycles. The lowest BCUT2D eigenvalue weighted by Gasteiger charge is -2.02. The van der Waals surface area contributed by atoms with Crippen molar-refractivity contribution in [2.24, 2.45) is 0 Å². The standard InChI is InChI=1S/C19H15NO3/c1-10-18(12-5-3-4-6-14(12)20-10)19-11(2)23-15-8-17-16(7-13(15)19)21-9-22-17/h3-8,20H,9H2,1-2H3. The van der Waals surface area contributed by atoms with Crippen molar-refractivity contribution in [2.45, 2.75) is 13.8 Å². The third-order valence-electron chi connectivity index (χ3n) is 4.50. The number of hydrogen-bond acceptors (Lipinski definition) is 3. The van der Waals surface area contributed by atoms with E-state index in [1.165, 1.54) is 10.9 Å². The van der Waals surface area contributed by atoms with Crippen LogP contribution >= 0.6 is 0 Å². The average molecular weight is 305 g/mol. The largest absolute Gasteiger partial charge is 0.461 e. The molecule has 1 aliphatic heterocycles. The van der Waals surface area contributed by atoms with Gasteiger partial charge in [-0.15, -0.1) is 0 Å². The van der Waals surface area contributed by atoms with E-state index in [0.717, 1.165) is 45.0 Å². The Hall–Kier alpha value is -2.88. The minimum Gasteiger partial charge on any atom is -0.461 e. The number of fused-ring (bicyclic) bond motifs is 3. The molecule has 0 amide bonds. The molecule has 114 valence electrons. The van der Waals surface area contributed by atoms with Gasteiger partial charge in [0.05, 0.1) is 0 Å². The lowest BCUT2D eigenvalue weighted by molar-refractivity contribution is 0.174. The average Bonchev–Trinajstić information content (AvgIpc) is 3.19. The Morgan fingerprint density at radius 3 is 2.57 bits per heavy atom. The number of para-hydroxylation sites is 1. The van der Waals surface area contributed by atoms with Crippen molar-refractivity contribution in [1.29, 1.82) is 0 Å². The van der Waals surface area contributed by atoms with Crippen molar-refractivity contribution >= 4 is 21.9 Å². The van der Waals surface area contributed by atoms with Gasteiger partial charge in [0.1, 0.15) is 11.3 Å². The van der Waals surface area contributed by atoms with Crippen LogP contribution in [-0.2, 0) is 0 Å². The van der Waals surface area contributed by atoms with Gasteiger partial charge < -0.3 is 18.9 Å². The topological polar surface area (TPSA) is 47.4 Å². The molecule has 0 saturated carbocycles. The van der Waals surface area contributed by atoms with Gasteiger partial charge in [0, 0.05) is 39.2 Å². The minimum atomic E-state index is 0.266. The first kappa shape index (κ1) is 12.6. The maximum atomic E-state index is 6.00. The Kier molecular flexibility index (Phi) is 2.37. The van der Waals surface area contributed by atoms with E-state index in [2.05, 4.69) is 30.1 Å². The van der Waals surface area contributed by atoms with Gasteiger partial charge in [-0.2, -0.15) is 0 Å². The van der Waals surface area contributed by atoms with Crippen molar-refractivity contribution in [3.63, 3.8) is 0 Å². The van der Waals surface area contributed by atoms with Gasteiger partial charge >= 0.3 is 0 Å². The molecule has 5 rings (SSSR count). The van der Waals surface area contributed by atoms with Gasteiger partial charge in [-0.1, -0.05) is 18.2 Å². The highest BCUT2D eigenvalue weighted by molar-refractivity contribution is 6.07. The number of aromatic nitrogens is 1. The van der Waals surface area contributed by atoms with Crippen molar-refractivity contribution in [3.8, 4) is 22.6 Å². The summed E-state index contributed by atoms with van der Waals surface area (Å²) in [7, 11) is 0. The summed E-state index contributed by atoms with van der Waals surface area (Å²) in [5.74, 6) is 2.42. The van der Waals surface area contributed by atoms with Crippen LogP contribution in [0.15, 0.2) is 40.8 Å². The minimum absolute atomic E-state index is 0.266. The van der Waals surface area contributed by atoms with Crippen molar-refractivity contribution in [3.05, 3.63) is 47.9 Å². The molecule has 0 atom stereocenters. The SMILES string of the molecule is Cc1[nH]c2ccccc2c1-c1c(C)oc2cc3c(cc12)OCO3. The molecule has 0 radical (unpaired) electrons. The highest BCUT2D eigenvalue weighted by Gasteiger charge is 2.23. The number of nitrogens with one attached hydrogen (secondary N) is 1. The summed E-state index contributed by atoms with van der Waals surface area (Å²) in [6, 6.07) is 12.3. The number of benzene rings is 2. The number of H-pyrrole nitrogens is 1. The van der Waals surface area contributed by atoms with Crippen LogP contribution in [0.5, 0.6) is 11.5 Å². The number of ether oxygens (including phenoxy) is 2. The molecule has 0 saturated heterocycles. The van der Waals surface area contributed by atoms with E-state index < -0.39 is 0 Å². The third-order valence-corrected chi connectivity index (χ3v) is 4.50. The van der Waals surface area contributed by atoms with E-state index in [0.29, 0.717) is 0 Å². The molecule has 1 aliphatic rings. The van der Waals surface area contributed by atoms with Gasteiger partial charge in [-0.05, 0) is 26.0 Å². The fraction of sp³-hybridized carbons (Fsp3) is 0.158. The van der Waals surface area contributed by atoms with Crippen LogP contribution < -0.4 is 9.47 Å². The van der Waals surface area contributed by atoms with Gasteiger partial charge in [0.15, 0.2) is 11.5 Å². The maximum Gasteiger partial charge on any atom is 0.231 e. The quantitative estimate of drug-likeness (QED) is 0.542. The predicted molar refractivity (Wildman–Crippen MR) is 89.1 cm³/mol. The summed E-state index contributed by atoms with van der Waals surface area (Å²) in [5, 5.41) is 2.26. The highest BCUT2D eigenvalue weighted by atomic mass is 16.7. The van der Waals surface area contributed by atoms with E-state index >= 15 is 0 Å². The van der Waals surface area contributed by atoms with Crippen molar-refractivity contribution in [1.82, 2.24) is 4.98 Å². The number of furan rings is 1. The Balaban J connectivity index is 1.89. The lowest BCUT2D eigenvalue weighted by atomic mass is 9.99. The fourth-order valence-corrected chi connectivity index (χ4v) is 3.52. The van der Waals surface area contributed by atoms with Crippen molar-refractivity contribution < 1.29 is 13.9 Å². The highest BCUT2D eigenvalue weighted by Crippen LogP contribution is 2.44. The Morgan fingerprint density at radius 2 is 1.70 bits per heavy atom. The van der Waals surface area contributed by atoms with Crippen LogP contribution in [0.3, 0.4) is 0 Å². The van der Waals surface area contributed by atoms with Crippen LogP contribution in [-0.4, -0.2) is 11.8 Å². The molecule has 0 spiro atoms. The number of rotatable bonds is 1. The molecule has 1 N–H and O–H groups in total. The zero-order chi connectivity index (χ0) is 15.6. The zero-order valence-electron chi connectivity index (χ0n) is 12.9. The third kappa shape index (κ3) is 1.66. The fourth-order valence-electron chi connectivity index (χ4n) is 3.52. The monoisotopic (exact) mass is 305 g/mol. The zero-order valence-corrected chi connectivity index (χ0v) is 12.9. The number of hydrogen-bond donors (Lipinski definition) is 1. The number of aromatic amines is 1. The molecule has 0 fully saturated rings. The van der Waals surface area contributed by atoms with Gasteiger partial charge in [-0.3, -0.25) is 0 Å². The van der Waals surface area contributed by atoms with E-state index in [1.54, 1.807) is 0 Å². The van der Waals surface area contributed by atoms with E-state index in [9.17, 15) is 0 Å². The van der Waals surface area contributed by atoms with Crippen LogP contribution in [0.4, 0.5) is 0 Å². The second kappa shape index (κ2) is 4.32. The summed E-state index contributed by atoms with van der Waals surface area (Å²) in [5.41, 5.74) is 5.40. The molecule has 0 bridgehead atoms. The van der Waals surface area contributed by atoms with Crippen LogP contribution in [0.2, 0.25) is 0 Å². The normalized spacial score (nSPS) is 13.3. The summed E-state index contributed by atoms with van der Waals surface area (Å²) in [4.78, 5) is 3.46. The molecule has 4 nitrogen and oxygen atoms in total. The van der Waals surface area contributed by atoms with Crippen LogP contribution in [0.25, 0.3) is 33.0 Å². The van der Waals surface area contributed by atoms with E-state index in [-0.39, 0.29) is 6.79 Å². The Labute approximate surface area is 132 Å². The Morgan fingerprint density at radius 1 is 0.913 bits per heavy atom. The Bertz CT molecular complexity index is 1070. The maximum absolute atomic E-state index is 6.00. The second-order valence-corrected chi connectivity index (χ2v) is 5.91. The molecule has 2 aromatic carbocycles. The first-order chi connectivity index (χ1) is 11.2. The van der Waals surface area contributed by atoms with Crippen molar-refractivity contribution in [2.75, 3.05) is 6.79 Å². The molecule has 2 aromatic heterocycles. The van der Waals surface area contributed by atoms with E-state index in [1.807, 2.05) is 25.1 Å². The second-order valence-electron chi connectivity index (χ2n) is 5.91. The summed E-state index contributed by atoms with van der Waals surface area (Å²) >= 11 is 0. The van der Waals surface area contributed by atoms with Gasteiger partial charge in [0.25, 0.3) is 0 Å². The molecule has 0 aliphatic carbocycles. The molecule has 23 heavy (non-hydrogen) atoms. The smallest absolute Gasteiger partial charge is 0.231 e. The molecule has 4 heteroatoms. The summed E-state index contributed by atoms with van der Waals surface area (Å²) < 4.78 is 17.0. The molecular formula is C19H15NO3. The molecule has 0 unspecified atom stereocenters. The molecule has 4 aromatic rings.